The third-order valence-electron chi connectivity index (χ3n) is 3.14. The maximum Gasteiger partial charge on any atom is 0.433 e. The summed E-state index contributed by atoms with van der Waals surface area (Å²) in [6.07, 6.45) is 4.58. The predicted octanol–water partition coefficient (Wildman–Crippen LogP) is 1.71. The topological polar surface area (TPSA) is 132 Å². The number of furan rings is 1. The predicted molar refractivity (Wildman–Crippen MR) is 88.9 cm³/mol. The van der Waals surface area contributed by atoms with Crippen LogP contribution in [0.5, 0.6) is 0 Å². The Bertz CT molecular complexity index is 820. The lowest BCUT2D eigenvalue weighted by molar-refractivity contribution is -0.402. The summed E-state index contributed by atoms with van der Waals surface area (Å²) in [6, 6.07) is 2.56. The largest absolute Gasteiger partial charge is 0.433 e. The van der Waals surface area contributed by atoms with E-state index in [2.05, 4.69) is 15.7 Å². The lowest BCUT2D eigenvalue weighted by Gasteiger charge is -2.07. The Morgan fingerprint density at radius 3 is 2.84 bits per heavy atom. The highest BCUT2D eigenvalue weighted by atomic mass is 16.6. The monoisotopic (exact) mass is 347 g/mol. The van der Waals surface area contributed by atoms with E-state index in [1.165, 1.54) is 29.1 Å². The summed E-state index contributed by atoms with van der Waals surface area (Å²) in [5.41, 5.74) is 0.486. The molecule has 0 atom stereocenters. The Hall–Kier alpha value is -3.43. The number of aryl methyl sites for hydroxylation is 1. The Morgan fingerprint density at radius 1 is 1.44 bits per heavy atom. The molecule has 2 rings (SSSR count). The van der Waals surface area contributed by atoms with E-state index in [1.54, 1.807) is 7.05 Å². The maximum absolute atomic E-state index is 12.1. The number of nitrogens with one attached hydrogen (secondary N) is 2. The summed E-state index contributed by atoms with van der Waals surface area (Å²) in [5.74, 6) is -1.13. The molecular formula is C15H17N5O5. The minimum absolute atomic E-state index is 0.161. The first kappa shape index (κ1) is 17.9. The van der Waals surface area contributed by atoms with Gasteiger partial charge in [0.1, 0.15) is 16.4 Å². The molecule has 25 heavy (non-hydrogen) atoms. The number of aromatic nitrogens is 2. The molecule has 2 N–H and O–H groups in total. The van der Waals surface area contributed by atoms with Gasteiger partial charge in [0.25, 0.3) is 5.91 Å². The van der Waals surface area contributed by atoms with Gasteiger partial charge in [0, 0.05) is 19.7 Å². The van der Waals surface area contributed by atoms with Gasteiger partial charge in [0.2, 0.25) is 5.91 Å². The summed E-state index contributed by atoms with van der Waals surface area (Å²) in [4.78, 5) is 34.0. The first-order valence-electron chi connectivity index (χ1n) is 7.45. The average molecular weight is 347 g/mol. The van der Waals surface area contributed by atoms with Gasteiger partial charge in [-0.15, -0.1) is 0 Å². The second-order valence-electron chi connectivity index (χ2n) is 5.04. The molecule has 0 saturated heterocycles. The Balaban J connectivity index is 2.06. The van der Waals surface area contributed by atoms with Crippen LogP contribution in [0, 0.1) is 10.1 Å². The molecule has 0 aliphatic heterocycles. The fraction of sp³-hybridized carbons (Fsp3) is 0.267. The van der Waals surface area contributed by atoms with E-state index >= 15 is 0 Å². The van der Waals surface area contributed by atoms with Gasteiger partial charge in [-0.1, -0.05) is 6.92 Å². The van der Waals surface area contributed by atoms with Crippen LogP contribution in [0.1, 0.15) is 29.6 Å². The Labute approximate surface area is 142 Å². The Kier molecular flexibility index (Phi) is 5.66. The quantitative estimate of drug-likeness (QED) is 0.445. The van der Waals surface area contributed by atoms with Gasteiger partial charge in [-0.25, -0.2) is 0 Å². The van der Waals surface area contributed by atoms with Crippen molar-refractivity contribution < 1.29 is 18.9 Å². The van der Waals surface area contributed by atoms with Crippen molar-refractivity contribution in [3.63, 3.8) is 0 Å². The molecule has 0 radical (unpaired) electrons. The van der Waals surface area contributed by atoms with Crippen molar-refractivity contribution in [2.45, 2.75) is 13.3 Å². The molecule has 0 saturated carbocycles. The number of amides is 2. The number of nitrogens with zero attached hydrogens (tertiary/aromatic N) is 3. The summed E-state index contributed by atoms with van der Waals surface area (Å²) in [6.45, 7) is 2.44. The van der Waals surface area contributed by atoms with Crippen molar-refractivity contribution in [1.29, 1.82) is 0 Å². The van der Waals surface area contributed by atoms with Crippen LogP contribution in [0.15, 0.2) is 28.8 Å². The molecule has 132 valence electrons. The maximum atomic E-state index is 12.1. The highest BCUT2D eigenvalue weighted by Crippen LogP contribution is 2.17. The molecule has 10 nitrogen and oxygen atoms in total. The number of carbonyl (C=O) groups excluding carboxylic acids is 2. The number of hydrogen-bond donors (Lipinski definition) is 2. The highest BCUT2D eigenvalue weighted by molar-refractivity contribution is 6.06. The van der Waals surface area contributed by atoms with Crippen molar-refractivity contribution in [2.24, 2.45) is 7.05 Å². The van der Waals surface area contributed by atoms with Crippen LogP contribution in [0.4, 0.5) is 11.6 Å². The molecule has 0 aliphatic rings. The second-order valence-corrected chi connectivity index (χ2v) is 5.04. The van der Waals surface area contributed by atoms with Crippen molar-refractivity contribution >= 4 is 29.5 Å². The van der Waals surface area contributed by atoms with E-state index in [0.717, 1.165) is 12.5 Å². The smallest absolute Gasteiger partial charge is 0.401 e. The van der Waals surface area contributed by atoms with E-state index < -0.39 is 16.7 Å². The molecule has 10 heteroatoms. The van der Waals surface area contributed by atoms with Gasteiger partial charge < -0.3 is 15.1 Å². The molecular weight excluding hydrogens is 330 g/mol. The SMILES string of the molecule is CCCNC(=O)c1c(NC(=O)/C=C/c2ccc([N+](=O)[O-])o2)cnn1C. The van der Waals surface area contributed by atoms with Crippen molar-refractivity contribution in [3.05, 3.63) is 46.0 Å². The average Bonchev–Trinajstić information content (AvgIpc) is 3.18. The normalized spacial score (nSPS) is 10.8. The molecule has 0 unspecified atom stereocenters. The minimum atomic E-state index is -0.672. The molecule has 2 heterocycles. The molecule has 2 aromatic rings. The van der Waals surface area contributed by atoms with Crippen LogP contribution in [0.2, 0.25) is 0 Å². The zero-order chi connectivity index (χ0) is 18.4. The summed E-state index contributed by atoms with van der Waals surface area (Å²) < 4.78 is 6.27. The highest BCUT2D eigenvalue weighted by Gasteiger charge is 2.17. The molecule has 2 aromatic heterocycles. The van der Waals surface area contributed by atoms with E-state index in [9.17, 15) is 19.7 Å². The fourth-order valence-electron chi connectivity index (χ4n) is 1.98. The van der Waals surface area contributed by atoms with Crippen LogP contribution < -0.4 is 10.6 Å². The molecule has 0 aromatic carbocycles. The number of rotatable bonds is 7. The van der Waals surface area contributed by atoms with Gasteiger partial charge in [-0.05, 0) is 18.6 Å². The van der Waals surface area contributed by atoms with Crippen LogP contribution >= 0.6 is 0 Å². The zero-order valence-electron chi connectivity index (χ0n) is 13.7. The van der Waals surface area contributed by atoms with Crippen LogP contribution in [0.25, 0.3) is 6.08 Å². The lowest BCUT2D eigenvalue weighted by Crippen LogP contribution is -2.27. The molecule has 2 amide bonds. The van der Waals surface area contributed by atoms with Gasteiger partial charge in [0.05, 0.1) is 18.0 Å². The number of anilines is 1. The van der Waals surface area contributed by atoms with Gasteiger partial charge in [-0.3, -0.25) is 24.4 Å². The van der Waals surface area contributed by atoms with Crippen LogP contribution in [-0.2, 0) is 11.8 Å². The molecule has 0 bridgehead atoms. The third-order valence-corrected chi connectivity index (χ3v) is 3.14. The van der Waals surface area contributed by atoms with E-state index in [1.807, 2.05) is 6.92 Å². The third kappa shape index (κ3) is 4.53. The second kappa shape index (κ2) is 7.90. The van der Waals surface area contributed by atoms with E-state index in [-0.39, 0.29) is 23.0 Å². The van der Waals surface area contributed by atoms with Crippen molar-refractivity contribution in [2.75, 3.05) is 11.9 Å². The number of nitro groups is 1. The number of hydrogen-bond acceptors (Lipinski definition) is 6. The Morgan fingerprint density at radius 2 is 2.20 bits per heavy atom. The first-order valence-corrected chi connectivity index (χ1v) is 7.45. The summed E-state index contributed by atoms with van der Waals surface area (Å²) in [5, 5.41) is 19.8. The molecule has 0 fully saturated rings. The van der Waals surface area contributed by atoms with Crippen LogP contribution in [0.3, 0.4) is 0 Å². The van der Waals surface area contributed by atoms with Crippen LogP contribution in [-0.4, -0.2) is 33.1 Å². The van der Waals surface area contributed by atoms with E-state index in [4.69, 9.17) is 4.42 Å². The first-order chi connectivity index (χ1) is 11.9. The standard InChI is InChI=1S/C15H17N5O5/c1-3-8-16-15(22)14-11(9-17-19(14)2)18-12(21)6-4-10-5-7-13(25-10)20(23)24/h4-7,9H,3,8H2,1-2H3,(H,16,22)(H,18,21)/b6-4+. The summed E-state index contributed by atoms with van der Waals surface area (Å²) >= 11 is 0. The van der Waals surface area contributed by atoms with E-state index in [0.29, 0.717) is 6.54 Å². The van der Waals surface area contributed by atoms with Gasteiger partial charge >= 0.3 is 5.88 Å². The summed E-state index contributed by atoms with van der Waals surface area (Å²) in [7, 11) is 1.59. The minimum Gasteiger partial charge on any atom is -0.401 e. The van der Waals surface area contributed by atoms with Gasteiger partial charge in [0.15, 0.2) is 0 Å². The molecule has 0 spiro atoms. The number of carbonyl (C=O) groups is 2. The van der Waals surface area contributed by atoms with Crippen molar-refractivity contribution in [3.8, 4) is 0 Å². The van der Waals surface area contributed by atoms with Crippen molar-refractivity contribution in [1.82, 2.24) is 15.1 Å². The zero-order valence-corrected chi connectivity index (χ0v) is 13.7. The molecule has 0 aliphatic carbocycles. The van der Waals surface area contributed by atoms with Gasteiger partial charge in [-0.2, -0.15) is 5.10 Å². The lowest BCUT2D eigenvalue weighted by atomic mass is 10.3. The fourth-order valence-corrected chi connectivity index (χ4v) is 1.98.